The summed E-state index contributed by atoms with van der Waals surface area (Å²) in [6.45, 7) is 4.50. The number of alkyl halides is 3. The maximum absolute atomic E-state index is 12.5. The van der Waals surface area contributed by atoms with Crippen molar-refractivity contribution in [2.24, 2.45) is 5.92 Å². The van der Waals surface area contributed by atoms with E-state index in [9.17, 15) is 13.2 Å². The number of rotatable bonds is 6. The molecule has 3 nitrogen and oxygen atoms in total. The highest BCUT2D eigenvalue weighted by Crippen LogP contribution is 2.21. The largest absolute Gasteiger partial charge is 0.401 e. The van der Waals surface area contributed by atoms with E-state index in [0.29, 0.717) is 25.7 Å². The number of ether oxygens (including phenoxy) is 1. The van der Waals surface area contributed by atoms with Crippen LogP contribution in [0.3, 0.4) is 0 Å². The van der Waals surface area contributed by atoms with Crippen LogP contribution in [0.5, 0.6) is 0 Å². The van der Waals surface area contributed by atoms with Gasteiger partial charge >= 0.3 is 6.18 Å². The summed E-state index contributed by atoms with van der Waals surface area (Å²) >= 11 is 0. The molecule has 1 saturated heterocycles. The van der Waals surface area contributed by atoms with Crippen molar-refractivity contribution >= 4 is 0 Å². The average molecular weight is 268 g/mol. The highest BCUT2D eigenvalue weighted by molar-refractivity contribution is 4.83. The van der Waals surface area contributed by atoms with Crippen LogP contribution in [0.4, 0.5) is 13.2 Å². The van der Waals surface area contributed by atoms with E-state index in [2.05, 4.69) is 5.32 Å². The highest BCUT2D eigenvalue weighted by Gasteiger charge is 2.34. The fraction of sp³-hybridized carbons (Fsp3) is 1.00. The molecule has 0 spiro atoms. The van der Waals surface area contributed by atoms with E-state index in [1.807, 2.05) is 0 Å². The van der Waals surface area contributed by atoms with Crippen molar-refractivity contribution in [1.82, 2.24) is 10.2 Å². The van der Waals surface area contributed by atoms with Crippen molar-refractivity contribution < 1.29 is 17.9 Å². The van der Waals surface area contributed by atoms with E-state index in [1.165, 1.54) is 4.90 Å². The van der Waals surface area contributed by atoms with Gasteiger partial charge in [-0.3, -0.25) is 4.90 Å². The third-order valence-corrected chi connectivity index (χ3v) is 3.45. The lowest BCUT2D eigenvalue weighted by Crippen LogP contribution is -2.49. The molecule has 1 fully saturated rings. The van der Waals surface area contributed by atoms with Gasteiger partial charge in [0.2, 0.25) is 0 Å². The normalized spacial score (nSPS) is 23.0. The van der Waals surface area contributed by atoms with Crippen molar-refractivity contribution in [3.8, 4) is 0 Å². The van der Waals surface area contributed by atoms with Gasteiger partial charge < -0.3 is 10.1 Å². The van der Waals surface area contributed by atoms with Gasteiger partial charge in [-0.25, -0.2) is 0 Å². The summed E-state index contributed by atoms with van der Waals surface area (Å²) in [5.41, 5.74) is 0. The van der Waals surface area contributed by atoms with Crippen molar-refractivity contribution in [2.45, 2.75) is 38.5 Å². The molecule has 0 amide bonds. The Morgan fingerprint density at radius 3 is 2.44 bits per heavy atom. The third-order valence-electron chi connectivity index (χ3n) is 3.45. The summed E-state index contributed by atoms with van der Waals surface area (Å²) in [4.78, 5) is 1.47. The van der Waals surface area contributed by atoms with Gasteiger partial charge in [0, 0.05) is 31.2 Å². The summed E-state index contributed by atoms with van der Waals surface area (Å²) in [6.07, 6.45) is -3.22. The molecule has 0 aromatic carbocycles. The number of hydrogen-bond donors (Lipinski definition) is 1. The minimum Gasteiger partial charge on any atom is -0.381 e. The van der Waals surface area contributed by atoms with Gasteiger partial charge in [-0.05, 0) is 27.3 Å². The minimum atomic E-state index is -4.14. The molecular formula is C12H23F3N2O. The predicted octanol–water partition coefficient (Wildman–Crippen LogP) is 1.88. The van der Waals surface area contributed by atoms with Crippen LogP contribution in [-0.4, -0.2) is 56.5 Å². The molecule has 0 radical (unpaired) electrons. The van der Waals surface area contributed by atoms with Gasteiger partial charge in [-0.1, -0.05) is 0 Å². The molecule has 1 aliphatic heterocycles. The van der Waals surface area contributed by atoms with E-state index in [4.69, 9.17) is 4.74 Å². The Morgan fingerprint density at radius 2 is 2.06 bits per heavy atom. The van der Waals surface area contributed by atoms with Crippen molar-refractivity contribution in [1.29, 1.82) is 0 Å². The van der Waals surface area contributed by atoms with Crippen LogP contribution in [0.1, 0.15) is 20.3 Å². The van der Waals surface area contributed by atoms with Gasteiger partial charge in [0.1, 0.15) is 0 Å². The number of likely N-dealkylation sites (N-methyl/N-ethyl adjacent to an activating group) is 1. The number of hydrogen-bond acceptors (Lipinski definition) is 3. The molecule has 1 aliphatic rings. The fourth-order valence-electron chi connectivity index (χ4n) is 2.29. The SMILES string of the molecule is CNC(CN(CC(F)(F)F)C(C)C)C1CCOC1. The first-order valence-electron chi connectivity index (χ1n) is 6.39. The fourth-order valence-corrected chi connectivity index (χ4v) is 2.29. The Bertz CT molecular complexity index is 240. The van der Waals surface area contributed by atoms with Crippen LogP contribution in [0.25, 0.3) is 0 Å². The molecule has 0 aliphatic carbocycles. The van der Waals surface area contributed by atoms with E-state index < -0.39 is 12.7 Å². The van der Waals surface area contributed by atoms with E-state index >= 15 is 0 Å². The quantitative estimate of drug-likeness (QED) is 0.796. The zero-order valence-electron chi connectivity index (χ0n) is 11.3. The lowest BCUT2D eigenvalue weighted by Gasteiger charge is -2.33. The topological polar surface area (TPSA) is 24.5 Å². The smallest absolute Gasteiger partial charge is 0.381 e. The van der Waals surface area contributed by atoms with Gasteiger partial charge in [-0.2, -0.15) is 13.2 Å². The molecule has 1 heterocycles. The van der Waals surface area contributed by atoms with Crippen molar-refractivity contribution in [3.05, 3.63) is 0 Å². The average Bonchev–Trinajstić information content (AvgIpc) is 2.75. The van der Waals surface area contributed by atoms with Crippen LogP contribution in [0.15, 0.2) is 0 Å². The molecule has 1 rings (SSSR count). The van der Waals surface area contributed by atoms with Crippen LogP contribution < -0.4 is 5.32 Å². The molecule has 6 heteroatoms. The number of nitrogens with zero attached hydrogens (tertiary/aromatic N) is 1. The molecule has 2 atom stereocenters. The van der Waals surface area contributed by atoms with Crippen LogP contribution in [-0.2, 0) is 4.74 Å². The van der Waals surface area contributed by atoms with E-state index in [0.717, 1.165) is 6.42 Å². The second kappa shape index (κ2) is 6.73. The predicted molar refractivity (Wildman–Crippen MR) is 64.5 cm³/mol. The summed E-state index contributed by atoms with van der Waals surface area (Å²) in [5, 5.41) is 3.13. The molecule has 18 heavy (non-hydrogen) atoms. The van der Waals surface area contributed by atoms with Gasteiger partial charge in [0.15, 0.2) is 0 Å². The summed E-state index contributed by atoms with van der Waals surface area (Å²) < 4.78 is 42.8. The Labute approximate surface area is 107 Å². The first-order valence-corrected chi connectivity index (χ1v) is 6.39. The number of halogens is 3. The molecular weight excluding hydrogens is 245 g/mol. The molecule has 0 saturated carbocycles. The Hall–Kier alpha value is -0.330. The molecule has 0 aromatic heterocycles. The summed E-state index contributed by atoms with van der Waals surface area (Å²) in [6, 6.07) is -0.0675. The zero-order valence-corrected chi connectivity index (χ0v) is 11.3. The van der Waals surface area contributed by atoms with Crippen LogP contribution in [0, 0.1) is 5.92 Å². The highest BCUT2D eigenvalue weighted by atomic mass is 19.4. The van der Waals surface area contributed by atoms with Gasteiger partial charge in [-0.15, -0.1) is 0 Å². The van der Waals surface area contributed by atoms with Crippen LogP contribution >= 0.6 is 0 Å². The van der Waals surface area contributed by atoms with Gasteiger partial charge in [0.25, 0.3) is 0 Å². The number of nitrogens with one attached hydrogen (secondary N) is 1. The second-order valence-corrected chi connectivity index (χ2v) is 5.16. The molecule has 1 N–H and O–H groups in total. The first kappa shape index (κ1) is 15.7. The Morgan fingerprint density at radius 1 is 1.39 bits per heavy atom. The van der Waals surface area contributed by atoms with E-state index in [-0.39, 0.29) is 12.1 Å². The summed E-state index contributed by atoms with van der Waals surface area (Å²) in [5.74, 6) is 0.310. The van der Waals surface area contributed by atoms with Crippen LogP contribution in [0.2, 0.25) is 0 Å². The first-order chi connectivity index (χ1) is 8.33. The summed E-state index contributed by atoms with van der Waals surface area (Å²) in [7, 11) is 1.80. The lowest BCUT2D eigenvalue weighted by molar-refractivity contribution is -0.150. The molecule has 2 unspecified atom stereocenters. The maximum Gasteiger partial charge on any atom is 0.401 e. The molecule has 0 aromatic rings. The van der Waals surface area contributed by atoms with E-state index in [1.54, 1.807) is 20.9 Å². The Kier molecular flexibility index (Phi) is 5.88. The minimum absolute atomic E-state index is 0.0530. The van der Waals surface area contributed by atoms with Crippen molar-refractivity contribution in [2.75, 3.05) is 33.4 Å². The van der Waals surface area contributed by atoms with Crippen molar-refractivity contribution in [3.63, 3.8) is 0 Å². The standard InChI is InChI=1S/C12H23F3N2O/c1-9(2)17(8-12(13,14)15)6-11(16-3)10-4-5-18-7-10/h9-11,16H,4-8H2,1-3H3. The molecule has 0 bridgehead atoms. The van der Waals surface area contributed by atoms with Gasteiger partial charge in [0.05, 0.1) is 13.2 Å². The monoisotopic (exact) mass is 268 g/mol. The second-order valence-electron chi connectivity index (χ2n) is 5.16. The third kappa shape index (κ3) is 5.12. The molecule has 108 valence electrons. The zero-order chi connectivity index (χ0) is 13.8. The lowest BCUT2D eigenvalue weighted by atomic mass is 9.98. The Balaban J connectivity index is 2.57. The maximum atomic E-state index is 12.5.